The van der Waals surface area contributed by atoms with Crippen molar-refractivity contribution in [1.82, 2.24) is 0 Å². The van der Waals surface area contributed by atoms with Crippen molar-refractivity contribution in [1.29, 1.82) is 0 Å². The third-order valence-electron chi connectivity index (χ3n) is 1.26. The van der Waals surface area contributed by atoms with Crippen molar-refractivity contribution in [3.05, 3.63) is 30.3 Å². The van der Waals surface area contributed by atoms with Crippen molar-refractivity contribution in [2.75, 3.05) is 0 Å². The van der Waals surface area contributed by atoms with Gasteiger partial charge in [0, 0.05) is 6.32 Å². The fourth-order valence-electron chi connectivity index (χ4n) is 0.692. The van der Waals surface area contributed by atoms with Crippen LogP contribution in [-0.4, -0.2) is 13.8 Å². The largest absolute Gasteiger partial charge is 0.427 e. The second kappa shape index (κ2) is 3.81. The Bertz CT molecular complexity index is 233. The maximum atomic E-state index is 10.8. The number of hydrogen-bond acceptors (Lipinski definition) is 2. The number of carbonyl (C=O) groups is 1. The predicted molar refractivity (Wildman–Crippen MR) is 45.4 cm³/mol. The van der Waals surface area contributed by atoms with E-state index in [-0.39, 0.29) is 5.97 Å². The van der Waals surface area contributed by atoms with Crippen molar-refractivity contribution < 1.29 is 9.53 Å². The van der Waals surface area contributed by atoms with Gasteiger partial charge < -0.3 is 4.74 Å². The monoisotopic (exact) mass is 148 g/mol. The lowest BCUT2D eigenvalue weighted by molar-refractivity contribution is -0.131. The van der Waals surface area contributed by atoms with Gasteiger partial charge in [0.1, 0.15) is 13.6 Å². The first-order valence-corrected chi connectivity index (χ1v) is 3.58. The number of ether oxygens (including phenoxy) is 1. The highest BCUT2D eigenvalue weighted by molar-refractivity contribution is 6.18. The topological polar surface area (TPSA) is 26.3 Å². The molecule has 11 heavy (non-hydrogen) atoms. The van der Waals surface area contributed by atoms with Gasteiger partial charge in [0.05, 0.1) is 0 Å². The highest BCUT2D eigenvalue weighted by Crippen LogP contribution is 2.08. The van der Waals surface area contributed by atoms with E-state index in [9.17, 15) is 4.79 Å². The lowest BCUT2D eigenvalue weighted by Crippen LogP contribution is -2.05. The molecule has 0 aliphatic heterocycles. The van der Waals surface area contributed by atoms with Gasteiger partial charge in [0.2, 0.25) is 0 Å². The molecule has 0 unspecified atom stereocenters. The minimum atomic E-state index is -0.198. The van der Waals surface area contributed by atoms with Crippen LogP contribution in [0.1, 0.15) is 0 Å². The Morgan fingerprint density at radius 3 is 2.55 bits per heavy atom. The molecule has 0 radical (unpaired) electrons. The summed E-state index contributed by atoms with van der Waals surface area (Å²) < 4.78 is 4.92. The van der Waals surface area contributed by atoms with Crippen molar-refractivity contribution >= 4 is 13.8 Å². The smallest absolute Gasteiger partial charge is 0.303 e. The van der Waals surface area contributed by atoms with Gasteiger partial charge in [-0.25, -0.2) is 0 Å². The van der Waals surface area contributed by atoms with Gasteiger partial charge in [-0.3, -0.25) is 4.79 Å². The number of carbonyl (C=O) groups excluding carboxylic acids is 1. The molecule has 2 nitrogen and oxygen atoms in total. The maximum absolute atomic E-state index is 10.8. The van der Waals surface area contributed by atoms with Crippen LogP contribution in [0.25, 0.3) is 0 Å². The van der Waals surface area contributed by atoms with Crippen LogP contribution >= 0.6 is 0 Å². The molecule has 0 fully saturated rings. The van der Waals surface area contributed by atoms with Gasteiger partial charge in [-0.15, -0.1) is 0 Å². The highest BCUT2D eigenvalue weighted by atomic mass is 16.5. The van der Waals surface area contributed by atoms with Crippen molar-refractivity contribution in [3.63, 3.8) is 0 Å². The molecular weight excluding hydrogens is 139 g/mol. The third-order valence-corrected chi connectivity index (χ3v) is 1.26. The van der Waals surface area contributed by atoms with E-state index in [1.165, 1.54) is 0 Å². The SMILES string of the molecule is BCC(=O)Oc1ccccc1. The molecule has 0 aliphatic rings. The third kappa shape index (κ3) is 2.46. The molecule has 1 aromatic carbocycles. The normalized spacial score (nSPS) is 9.09. The molecule has 3 heteroatoms. The van der Waals surface area contributed by atoms with Crippen LogP contribution in [0, 0.1) is 0 Å². The van der Waals surface area contributed by atoms with E-state index < -0.39 is 0 Å². The molecule has 0 spiro atoms. The summed E-state index contributed by atoms with van der Waals surface area (Å²) in [5, 5.41) is 0. The van der Waals surface area contributed by atoms with Crippen LogP contribution in [0.4, 0.5) is 0 Å². The number of rotatable bonds is 2. The Hall–Kier alpha value is -1.25. The summed E-state index contributed by atoms with van der Waals surface area (Å²) in [6.07, 6.45) is 0.412. The average molecular weight is 148 g/mol. The zero-order chi connectivity index (χ0) is 8.10. The number of benzene rings is 1. The molecule has 56 valence electrons. The summed E-state index contributed by atoms with van der Waals surface area (Å²) in [6.45, 7) is 0. The van der Waals surface area contributed by atoms with Gasteiger partial charge in [-0.05, 0) is 12.1 Å². The molecule has 0 heterocycles. The quantitative estimate of drug-likeness (QED) is 0.349. The van der Waals surface area contributed by atoms with Crippen LogP contribution in [0.3, 0.4) is 0 Å². The summed E-state index contributed by atoms with van der Waals surface area (Å²) >= 11 is 0. The van der Waals surface area contributed by atoms with Crippen molar-refractivity contribution in [3.8, 4) is 5.75 Å². The molecule has 0 atom stereocenters. The van der Waals surface area contributed by atoms with Gasteiger partial charge in [-0.2, -0.15) is 0 Å². The zero-order valence-electron chi connectivity index (χ0n) is 6.41. The summed E-state index contributed by atoms with van der Waals surface area (Å²) in [6, 6.07) is 9.06. The Kier molecular flexibility index (Phi) is 2.72. The lowest BCUT2D eigenvalue weighted by atomic mass is 10.1. The van der Waals surface area contributed by atoms with E-state index in [1.54, 1.807) is 20.0 Å². The van der Waals surface area contributed by atoms with Crippen LogP contribution < -0.4 is 4.74 Å². The molecule has 1 rings (SSSR count). The van der Waals surface area contributed by atoms with Gasteiger partial charge >= 0.3 is 5.97 Å². The predicted octanol–water partition coefficient (Wildman–Crippen LogP) is 0.643. The fourth-order valence-corrected chi connectivity index (χ4v) is 0.692. The molecule has 0 bridgehead atoms. The van der Waals surface area contributed by atoms with Gasteiger partial charge in [-0.1, -0.05) is 18.2 Å². The van der Waals surface area contributed by atoms with E-state index in [2.05, 4.69) is 0 Å². The first-order valence-electron chi connectivity index (χ1n) is 3.58. The minimum absolute atomic E-state index is 0.198. The van der Waals surface area contributed by atoms with E-state index in [0.29, 0.717) is 12.1 Å². The standard InChI is InChI=1S/C8H9BO2/c9-6-8(10)11-7-4-2-1-3-5-7/h1-5H,6,9H2. The molecule has 0 aliphatic carbocycles. The van der Waals surface area contributed by atoms with E-state index in [1.807, 2.05) is 18.2 Å². The minimum Gasteiger partial charge on any atom is -0.427 e. The lowest BCUT2D eigenvalue weighted by Gasteiger charge is -1.99. The Morgan fingerprint density at radius 2 is 2.00 bits per heavy atom. The van der Waals surface area contributed by atoms with Crippen molar-refractivity contribution in [2.24, 2.45) is 0 Å². The molecule has 1 aromatic rings. The zero-order valence-corrected chi connectivity index (χ0v) is 6.41. The number of esters is 1. The van der Waals surface area contributed by atoms with E-state index in [4.69, 9.17) is 4.74 Å². The van der Waals surface area contributed by atoms with Gasteiger partial charge in [0.15, 0.2) is 0 Å². The van der Waals surface area contributed by atoms with Crippen LogP contribution in [0.5, 0.6) is 5.75 Å². The summed E-state index contributed by atoms with van der Waals surface area (Å²) in [5.74, 6) is 0.413. The second-order valence-electron chi connectivity index (χ2n) is 2.14. The number of hydrogen-bond donors (Lipinski definition) is 0. The van der Waals surface area contributed by atoms with E-state index in [0.717, 1.165) is 0 Å². The highest BCUT2D eigenvalue weighted by Gasteiger charge is 1.98. The second-order valence-corrected chi connectivity index (χ2v) is 2.14. The molecular formula is C8H9BO2. The fraction of sp³-hybridized carbons (Fsp3) is 0.125. The first-order chi connectivity index (χ1) is 5.33. The molecule has 0 N–H and O–H groups in total. The maximum Gasteiger partial charge on any atom is 0.303 e. The summed E-state index contributed by atoms with van der Waals surface area (Å²) in [5.41, 5.74) is 0. The summed E-state index contributed by atoms with van der Waals surface area (Å²) in [7, 11) is 1.77. The number of para-hydroxylation sites is 1. The Labute approximate surface area is 66.6 Å². The van der Waals surface area contributed by atoms with Crippen molar-refractivity contribution in [2.45, 2.75) is 6.32 Å². The Morgan fingerprint density at radius 1 is 1.36 bits per heavy atom. The summed E-state index contributed by atoms with van der Waals surface area (Å²) in [4.78, 5) is 10.8. The molecule has 0 amide bonds. The van der Waals surface area contributed by atoms with E-state index >= 15 is 0 Å². The van der Waals surface area contributed by atoms with Crippen LogP contribution in [0.15, 0.2) is 30.3 Å². The first kappa shape index (κ1) is 7.86. The molecule has 0 saturated carbocycles. The Balaban J connectivity index is 2.58. The molecule has 0 aromatic heterocycles. The molecule has 0 saturated heterocycles. The van der Waals surface area contributed by atoms with Crippen LogP contribution in [-0.2, 0) is 4.79 Å². The average Bonchev–Trinajstić information content (AvgIpc) is 2.06. The van der Waals surface area contributed by atoms with Crippen LogP contribution in [0.2, 0.25) is 6.32 Å². The van der Waals surface area contributed by atoms with Gasteiger partial charge in [0.25, 0.3) is 0 Å².